The van der Waals surface area contributed by atoms with Crippen molar-refractivity contribution in [2.24, 2.45) is 0 Å². The predicted molar refractivity (Wildman–Crippen MR) is 70.2 cm³/mol. The summed E-state index contributed by atoms with van der Waals surface area (Å²) in [5, 5.41) is 13.4. The lowest BCUT2D eigenvalue weighted by atomic mass is 10.1. The quantitative estimate of drug-likeness (QED) is 0.947. The number of nitrogens with zero attached hydrogens (tertiary/aromatic N) is 2. The molecule has 1 saturated carbocycles. The number of benzene rings is 1. The summed E-state index contributed by atoms with van der Waals surface area (Å²) in [7, 11) is 0. The van der Waals surface area contributed by atoms with Gasteiger partial charge in [0.15, 0.2) is 0 Å². The van der Waals surface area contributed by atoms with Gasteiger partial charge in [-0.15, -0.1) is 0 Å². The molecule has 2 aromatic rings. The highest BCUT2D eigenvalue weighted by Gasteiger charge is 2.32. The monoisotopic (exact) mass is 306 g/mol. The molecule has 1 aliphatic rings. The first-order chi connectivity index (χ1) is 8.66. The second-order valence-corrected chi connectivity index (χ2v) is 5.33. The Kier molecular flexibility index (Phi) is 2.70. The third-order valence-electron chi connectivity index (χ3n) is 3.07. The normalized spacial score (nSPS) is 14.7. The molecule has 1 aromatic heterocycles. The summed E-state index contributed by atoms with van der Waals surface area (Å²) in [4.78, 5) is 11.2. The van der Waals surface area contributed by atoms with E-state index in [0.29, 0.717) is 11.5 Å². The van der Waals surface area contributed by atoms with Crippen molar-refractivity contribution in [3.8, 4) is 5.69 Å². The zero-order valence-electron chi connectivity index (χ0n) is 9.51. The van der Waals surface area contributed by atoms with E-state index >= 15 is 0 Å². The molecule has 0 aliphatic heterocycles. The lowest BCUT2D eigenvalue weighted by molar-refractivity contribution is 0.0695. The Hall–Kier alpha value is -1.62. The minimum atomic E-state index is -0.903. The van der Waals surface area contributed by atoms with Crippen LogP contribution in [0.4, 0.5) is 0 Å². The topological polar surface area (TPSA) is 55.1 Å². The Morgan fingerprint density at radius 1 is 1.33 bits per heavy atom. The van der Waals surface area contributed by atoms with Crippen LogP contribution in [0.25, 0.3) is 5.69 Å². The number of halogens is 1. The molecule has 1 heterocycles. The molecule has 0 saturated heterocycles. The Morgan fingerprint density at radius 3 is 2.56 bits per heavy atom. The number of hydrogen-bond acceptors (Lipinski definition) is 2. The molecule has 1 aliphatic carbocycles. The lowest BCUT2D eigenvalue weighted by Gasteiger charge is -2.07. The van der Waals surface area contributed by atoms with Crippen molar-refractivity contribution >= 4 is 21.9 Å². The van der Waals surface area contributed by atoms with Crippen LogP contribution in [-0.2, 0) is 0 Å². The van der Waals surface area contributed by atoms with E-state index in [1.807, 2.05) is 24.3 Å². The Morgan fingerprint density at radius 2 is 2.00 bits per heavy atom. The van der Waals surface area contributed by atoms with Gasteiger partial charge in [0.1, 0.15) is 5.56 Å². The van der Waals surface area contributed by atoms with Gasteiger partial charge in [-0.05, 0) is 37.1 Å². The maximum atomic E-state index is 11.2. The van der Waals surface area contributed by atoms with Crippen molar-refractivity contribution in [2.45, 2.75) is 18.8 Å². The Bertz CT molecular complexity index is 600. The first-order valence-corrected chi connectivity index (χ1v) is 6.53. The van der Waals surface area contributed by atoms with Crippen LogP contribution < -0.4 is 0 Å². The first kappa shape index (κ1) is 11.5. The van der Waals surface area contributed by atoms with Gasteiger partial charge in [0.2, 0.25) is 0 Å². The smallest absolute Gasteiger partial charge is 0.339 e. The van der Waals surface area contributed by atoms with E-state index in [9.17, 15) is 9.90 Å². The maximum absolute atomic E-state index is 11.2. The van der Waals surface area contributed by atoms with Crippen LogP contribution in [0.3, 0.4) is 0 Å². The van der Waals surface area contributed by atoms with Crippen molar-refractivity contribution in [3.05, 3.63) is 46.2 Å². The molecular weight excluding hydrogens is 296 g/mol. The van der Waals surface area contributed by atoms with E-state index in [0.717, 1.165) is 28.7 Å². The number of aromatic carboxylic acids is 1. The highest BCUT2D eigenvalue weighted by molar-refractivity contribution is 9.10. The fraction of sp³-hybridized carbons (Fsp3) is 0.231. The summed E-state index contributed by atoms with van der Waals surface area (Å²) < 4.78 is 2.73. The molecule has 92 valence electrons. The standard InChI is InChI=1S/C13H11BrN2O2/c14-9-3-5-10(6-4-9)16-12(8-1-2-8)11(7-15-16)13(17)18/h3-8H,1-2H2,(H,17,18). The SMILES string of the molecule is O=C(O)c1cnn(-c2ccc(Br)cc2)c1C1CC1. The summed E-state index contributed by atoms with van der Waals surface area (Å²) in [6.07, 6.45) is 3.53. The minimum absolute atomic E-state index is 0.320. The third kappa shape index (κ3) is 1.95. The summed E-state index contributed by atoms with van der Waals surface area (Å²) >= 11 is 3.38. The largest absolute Gasteiger partial charge is 0.478 e. The number of aromatic nitrogens is 2. The van der Waals surface area contributed by atoms with E-state index in [1.54, 1.807) is 4.68 Å². The molecular formula is C13H11BrN2O2. The number of carboxylic acid groups (broad SMARTS) is 1. The van der Waals surface area contributed by atoms with Crippen LogP contribution in [0.15, 0.2) is 34.9 Å². The maximum Gasteiger partial charge on any atom is 0.339 e. The predicted octanol–water partition coefficient (Wildman–Crippen LogP) is 3.21. The third-order valence-corrected chi connectivity index (χ3v) is 3.60. The van der Waals surface area contributed by atoms with Crippen LogP contribution in [-0.4, -0.2) is 20.9 Å². The van der Waals surface area contributed by atoms with Gasteiger partial charge in [-0.2, -0.15) is 5.10 Å². The second kappa shape index (κ2) is 4.24. The van der Waals surface area contributed by atoms with Gasteiger partial charge in [-0.25, -0.2) is 9.48 Å². The molecule has 4 nitrogen and oxygen atoms in total. The average molecular weight is 307 g/mol. The van der Waals surface area contributed by atoms with E-state index in [1.165, 1.54) is 6.20 Å². The molecule has 5 heteroatoms. The van der Waals surface area contributed by atoms with Crippen LogP contribution in [0.1, 0.15) is 34.8 Å². The molecule has 0 radical (unpaired) electrons. The zero-order valence-corrected chi connectivity index (χ0v) is 11.1. The summed E-state index contributed by atoms with van der Waals surface area (Å²) in [6.45, 7) is 0. The van der Waals surface area contributed by atoms with Crippen molar-refractivity contribution in [1.82, 2.24) is 9.78 Å². The van der Waals surface area contributed by atoms with Crippen molar-refractivity contribution in [1.29, 1.82) is 0 Å². The van der Waals surface area contributed by atoms with Gasteiger partial charge in [0.25, 0.3) is 0 Å². The van der Waals surface area contributed by atoms with Crippen LogP contribution in [0.2, 0.25) is 0 Å². The van der Waals surface area contributed by atoms with E-state index in [2.05, 4.69) is 21.0 Å². The van der Waals surface area contributed by atoms with Gasteiger partial charge in [0, 0.05) is 10.4 Å². The number of hydrogen-bond donors (Lipinski definition) is 1. The molecule has 3 rings (SSSR count). The molecule has 1 aromatic carbocycles. The molecule has 0 amide bonds. The highest BCUT2D eigenvalue weighted by atomic mass is 79.9. The number of rotatable bonds is 3. The minimum Gasteiger partial charge on any atom is -0.478 e. The Labute approximate surface area is 112 Å². The van der Waals surface area contributed by atoms with E-state index < -0.39 is 5.97 Å². The number of carbonyl (C=O) groups is 1. The summed E-state index contributed by atoms with van der Waals surface area (Å²) in [5.41, 5.74) is 2.04. The first-order valence-electron chi connectivity index (χ1n) is 5.74. The molecule has 0 atom stereocenters. The van der Waals surface area contributed by atoms with Gasteiger partial charge in [0.05, 0.1) is 17.6 Å². The highest BCUT2D eigenvalue weighted by Crippen LogP contribution is 2.42. The molecule has 1 fully saturated rings. The zero-order chi connectivity index (χ0) is 12.7. The van der Waals surface area contributed by atoms with Crippen molar-refractivity contribution in [3.63, 3.8) is 0 Å². The second-order valence-electron chi connectivity index (χ2n) is 4.41. The van der Waals surface area contributed by atoms with Crippen molar-refractivity contribution < 1.29 is 9.90 Å². The molecule has 18 heavy (non-hydrogen) atoms. The van der Waals surface area contributed by atoms with Crippen LogP contribution in [0, 0.1) is 0 Å². The number of carboxylic acids is 1. The van der Waals surface area contributed by atoms with E-state index in [-0.39, 0.29) is 0 Å². The molecule has 0 unspecified atom stereocenters. The lowest BCUT2D eigenvalue weighted by Crippen LogP contribution is -2.05. The summed E-state index contributed by atoms with van der Waals surface area (Å²) in [5.74, 6) is -0.567. The van der Waals surface area contributed by atoms with Crippen LogP contribution >= 0.6 is 15.9 Å². The fourth-order valence-electron chi connectivity index (χ4n) is 2.06. The fourth-order valence-corrected chi connectivity index (χ4v) is 2.32. The van der Waals surface area contributed by atoms with E-state index in [4.69, 9.17) is 0 Å². The molecule has 1 N–H and O–H groups in total. The van der Waals surface area contributed by atoms with Gasteiger partial charge < -0.3 is 5.11 Å². The van der Waals surface area contributed by atoms with Crippen molar-refractivity contribution in [2.75, 3.05) is 0 Å². The van der Waals surface area contributed by atoms with Crippen LogP contribution in [0.5, 0.6) is 0 Å². The van der Waals surface area contributed by atoms with Gasteiger partial charge in [-0.1, -0.05) is 15.9 Å². The average Bonchev–Trinajstić information content (AvgIpc) is 3.09. The summed E-state index contributed by atoms with van der Waals surface area (Å²) in [6, 6.07) is 7.70. The van der Waals surface area contributed by atoms with Gasteiger partial charge in [-0.3, -0.25) is 0 Å². The molecule has 0 spiro atoms. The Balaban J connectivity index is 2.11. The molecule has 0 bridgehead atoms. The van der Waals surface area contributed by atoms with Gasteiger partial charge >= 0.3 is 5.97 Å².